The van der Waals surface area contributed by atoms with Crippen molar-refractivity contribution in [2.24, 2.45) is 0 Å². The highest BCUT2D eigenvalue weighted by atomic mass is 19.1. The second kappa shape index (κ2) is 6.91. The first-order valence-electron chi connectivity index (χ1n) is 6.27. The number of allylic oxidation sites excluding steroid dienone is 2. The maximum absolute atomic E-state index is 13.4. The molecule has 0 amide bonds. The quantitative estimate of drug-likeness (QED) is 0.827. The molecule has 1 aromatic carbocycles. The van der Waals surface area contributed by atoms with E-state index in [-0.39, 0.29) is 5.56 Å². The standard InChI is InChI=1S/C14H15F2N3O/c15-11-5-6-12(13(16)8-11)14(20)4-2-1-3-7-19-10-17-9-18-19/h1,3,5-6,8-10,14,20H,2,4,7H2. The van der Waals surface area contributed by atoms with E-state index in [0.717, 1.165) is 12.1 Å². The third kappa shape index (κ3) is 3.96. The molecule has 2 rings (SSSR count). The Morgan fingerprint density at radius 1 is 1.30 bits per heavy atom. The van der Waals surface area contributed by atoms with Crippen molar-refractivity contribution in [2.45, 2.75) is 25.5 Å². The molecule has 0 fully saturated rings. The summed E-state index contributed by atoms with van der Waals surface area (Å²) >= 11 is 0. The Morgan fingerprint density at radius 3 is 2.85 bits per heavy atom. The van der Waals surface area contributed by atoms with Crippen LogP contribution in [-0.4, -0.2) is 19.9 Å². The van der Waals surface area contributed by atoms with Crippen LogP contribution in [0.1, 0.15) is 24.5 Å². The molecule has 0 saturated heterocycles. The molecule has 0 aliphatic carbocycles. The molecule has 1 atom stereocenters. The summed E-state index contributed by atoms with van der Waals surface area (Å²) < 4.78 is 27.8. The zero-order valence-electron chi connectivity index (χ0n) is 10.8. The van der Waals surface area contributed by atoms with Crippen LogP contribution in [0.2, 0.25) is 0 Å². The van der Waals surface area contributed by atoms with Crippen molar-refractivity contribution in [1.82, 2.24) is 14.8 Å². The van der Waals surface area contributed by atoms with Crippen LogP contribution in [0, 0.1) is 11.6 Å². The molecule has 0 radical (unpaired) electrons. The lowest BCUT2D eigenvalue weighted by Crippen LogP contribution is -2.01. The van der Waals surface area contributed by atoms with Gasteiger partial charge in [0.1, 0.15) is 24.3 Å². The fourth-order valence-electron chi connectivity index (χ4n) is 1.81. The molecule has 1 heterocycles. The lowest BCUT2D eigenvalue weighted by molar-refractivity contribution is 0.164. The second-order valence-electron chi connectivity index (χ2n) is 4.35. The molecule has 1 N–H and O–H groups in total. The van der Waals surface area contributed by atoms with E-state index in [0.29, 0.717) is 19.4 Å². The Kier molecular flexibility index (Phi) is 4.95. The van der Waals surface area contributed by atoms with Gasteiger partial charge in [0.05, 0.1) is 12.6 Å². The summed E-state index contributed by atoms with van der Waals surface area (Å²) in [7, 11) is 0. The summed E-state index contributed by atoms with van der Waals surface area (Å²) in [5, 5.41) is 13.8. The predicted octanol–water partition coefficient (Wildman–Crippen LogP) is 2.63. The van der Waals surface area contributed by atoms with Crippen molar-refractivity contribution >= 4 is 0 Å². The molecule has 0 aliphatic rings. The molecule has 1 unspecified atom stereocenters. The zero-order valence-corrected chi connectivity index (χ0v) is 10.8. The molecule has 0 aliphatic heterocycles. The van der Waals surface area contributed by atoms with Crippen LogP contribution in [0.15, 0.2) is 43.0 Å². The van der Waals surface area contributed by atoms with Gasteiger partial charge in [0.15, 0.2) is 0 Å². The number of nitrogens with zero attached hydrogens (tertiary/aromatic N) is 3. The van der Waals surface area contributed by atoms with Crippen LogP contribution in [0.4, 0.5) is 8.78 Å². The third-order valence-corrected chi connectivity index (χ3v) is 2.85. The van der Waals surface area contributed by atoms with Gasteiger partial charge in [-0.15, -0.1) is 0 Å². The lowest BCUT2D eigenvalue weighted by atomic mass is 10.0. The maximum Gasteiger partial charge on any atom is 0.137 e. The summed E-state index contributed by atoms with van der Waals surface area (Å²) in [6.45, 7) is 0.598. The molecular weight excluding hydrogens is 264 g/mol. The highest BCUT2D eigenvalue weighted by Crippen LogP contribution is 2.22. The van der Waals surface area contributed by atoms with Gasteiger partial charge in [-0.1, -0.05) is 18.2 Å². The molecular formula is C14H15F2N3O. The van der Waals surface area contributed by atoms with E-state index in [4.69, 9.17) is 0 Å². The molecule has 0 spiro atoms. The van der Waals surface area contributed by atoms with Crippen LogP contribution >= 0.6 is 0 Å². The zero-order chi connectivity index (χ0) is 14.4. The van der Waals surface area contributed by atoms with E-state index in [1.54, 1.807) is 11.0 Å². The summed E-state index contributed by atoms with van der Waals surface area (Å²) in [5.41, 5.74) is 0.121. The number of halogens is 2. The average molecular weight is 279 g/mol. The second-order valence-corrected chi connectivity index (χ2v) is 4.35. The minimum Gasteiger partial charge on any atom is -0.388 e. The molecule has 106 valence electrons. The van der Waals surface area contributed by atoms with Crippen molar-refractivity contribution in [2.75, 3.05) is 0 Å². The Hall–Kier alpha value is -2.08. The van der Waals surface area contributed by atoms with Crippen molar-refractivity contribution in [1.29, 1.82) is 0 Å². The van der Waals surface area contributed by atoms with Gasteiger partial charge in [0, 0.05) is 11.6 Å². The molecule has 2 aromatic rings. The molecule has 20 heavy (non-hydrogen) atoms. The molecule has 6 heteroatoms. The Balaban J connectivity index is 1.80. The fourth-order valence-corrected chi connectivity index (χ4v) is 1.81. The van der Waals surface area contributed by atoms with E-state index < -0.39 is 17.7 Å². The third-order valence-electron chi connectivity index (χ3n) is 2.85. The summed E-state index contributed by atoms with van der Waals surface area (Å²) in [6, 6.07) is 3.19. The lowest BCUT2D eigenvalue weighted by Gasteiger charge is -2.10. The summed E-state index contributed by atoms with van der Waals surface area (Å²) in [4.78, 5) is 3.81. The largest absolute Gasteiger partial charge is 0.388 e. The molecule has 0 saturated carbocycles. The first-order chi connectivity index (χ1) is 9.66. The fraction of sp³-hybridized carbons (Fsp3) is 0.286. The topological polar surface area (TPSA) is 50.9 Å². The smallest absolute Gasteiger partial charge is 0.137 e. The van der Waals surface area contributed by atoms with E-state index >= 15 is 0 Å². The van der Waals surface area contributed by atoms with Gasteiger partial charge in [-0.2, -0.15) is 5.10 Å². The van der Waals surface area contributed by atoms with Crippen molar-refractivity contribution in [3.63, 3.8) is 0 Å². The summed E-state index contributed by atoms with van der Waals surface area (Å²) in [5.74, 6) is -1.37. The Morgan fingerprint density at radius 2 is 2.15 bits per heavy atom. The van der Waals surface area contributed by atoms with Gasteiger partial charge in [-0.25, -0.2) is 18.4 Å². The highest BCUT2D eigenvalue weighted by molar-refractivity contribution is 5.20. The van der Waals surface area contributed by atoms with Gasteiger partial charge in [-0.3, -0.25) is 0 Å². The normalized spacial score (nSPS) is 12.9. The van der Waals surface area contributed by atoms with Gasteiger partial charge in [0.2, 0.25) is 0 Å². The predicted molar refractivity (Wildman–Crippen MR) is 69.7 cm³/mol. The maximum atomic E-state index is 13.4. The van der Waals surface area contributed by atoms with E-state index in [9.17, 15) is 13.9 Å². The average Bonchev–Trinajstić information content (AvgIpc) is 2.91. The number of aliphatic hydroxyl groups is 1. The molecule has 4 nitrogen and oxygen atoms in total. The van der Waals surface area contributed by atoms with Gasteiger partial charge in [0.25, 0.3) is 0 Å². The van der Waals surface area contributed by atoms with Crippen molar-refractivity contribution in [3.8, 4) is 0 Å². The SMILES string of the molecule is OC(CCC=CCn1cncn1)c1ccc(F)cc1F. The van der Waals surface area contributed by atoms with E-state index in [1.807, 2.05) is 12.2 Å². The van der Waals surface area contributed by atoms with Gasteiger partial charge < -0.3 is 5.11 Å². The van der Waals surface area contributed by atoms with E-state index in [2.05, 4.69) is 10.1 Å². The van der Waals surface area contributed by atoms with Crippen LogP contribution in [0.3, 0.4) is 0 Å². The van der Waals surface area contributed by atoms with E-state index in [1.165, 1.54) is 12.4 Å². The summed E-state index contributed by atoms with van der Waals surface area (Å²) in [6.07, 6.45) is 6.85. The first kappa shape index (κ1) is 14.3. The minimum absolute atomic E-state index is 0.121. The van der Waals surface area contributed by atoms with Crippen molar-refractivity contribution in [3.05, 3.63) is 60.2 Å². The van der Waals surface area contributed by atoms with Gasteiger partial charge >= 0.3 is 0 Å². The van der Waals surface area contributed by atoms with Crippen LogP contribution < -0.4 is 0 Å². The number of hydrogen-bond donors (Lipinski definition) is 1. The highest BCUT2D eigenvalue weighted by Gasteiger charge is 2.12. The number of rotatable bonds is 6. The Labute approximate surface area is 115 Å². The number of aliphatic hydroxyl groups excluding tert-OH is 1. The molecule has 1 aromatic heterocycles. The van der Waals surface area contributed by atoms with Crippen LogP contribution in [0.25, 0.3) is 0 Å². The number of hydrogen-bond acceptors (Lipinski definition) is 3. The van der Waals surface area contributed by atoms with Gasteiger partial charge in [-0.05, 0) is 18.9 Å². The molecule has 0 bridgehead atoms. The first-order valence-corrected chi connectivity index (χ1v) is 6.27. The Bertz CT molecular complexity index is 570. The number of benzene rings is 1. The van der Waals surface area contributed by atoms with Crippen LogP contribution in [-0.2, 0) is 6.54 Å². The van der Waals surface area contributed by atoms with Crippen LogP contribution in [0.5, 0.6) is 0 Å². The monoisotopic (exact) mass is 279 g/mol. The minimum atomic E-state index is -0.938. The van der Waals surface area contributed by atoms with Crippen molar-refractivity contribution < 1.29 is 13.9 Å². The number of aromatic nitrogens is 3.